The molecule has 0 amide bonds. The predicted molar refractivity (Wildman–Crippen MR) is 85.7 cm³/mol. The lowest BCUT2D eigenvalue weighted by molar-refractivity contribution is -0.151. The maximum Gasteiger partial charge on any atom is 0.305 e. The normalized spacial score (nSPS) is 10.8. The molecule has 10 heteroatoms. The number of hydrogen-bond donors (Lipinski definition) is 6. The minimum Gasteiger partial charge on any atom is -0.481 e. The van der Waals surface area contributed by atoms with E-state index in [-0.39, 0.29) is 32.7 Å². The largest absolute Gasteiger partial charge is 0.481 e. The van der Waals surface area contributed by atoms with Gasteiger partial charge in [-0.15, -0.1) is 0 Å². The molecule has 0 rings (SSSR count). The van der Waals surface area contributed by atoms with Gasteiger partial charge in [0.1, 0.15) is 6.61 Å². The topological polar surface area (TPSA) is 174 Å². The Kier molecular flexibility index (Phi) is 18.2. The average molecular weight is 370 g/mol. The van der Waals surface area contributed by atoms with Crippen molar-refractivity contribution in [1.29, 1.82) is 0 Å². The molecule has 0 fully saturated rings. The van der Waals surface area contributed by atoms with Crippen molar-refractivity contribution in [1.82, 2.24) is 0 Å². The Morgan fingerprint density at radius 2 is 1.28 bits per heavy atom. The van der Waals surface area contributed by atoms with Crippen molar-refractivity contribution >= 4 is 11.9 Å². The van der Waals surface area contributed by atoms with Crippen molar-refractivity contribution in [3.05, 3.63) is 0 Å². The zero-order valence-electron chi connectivity index (χ0n) is 14.3. The average Bonchev–Trinajstić information content (AvgIpc) is 2.61. The Labute approximate surface area is 146 Å². The Hall–Kier alpha value is -1.30. The fraction of sp³-hybridized carbons (Fsp3) is 0.867. The zero-order chi connectivity index (χ0) is 19.6. The summed E-state index contributed by atoms with van der Waals surface area (Å²) < 4.78 is 9.45. The van der Waals surface area contributed by atoms with Crippen LogP contribution in [-0.2, 0) is 19.1 Å². The highest BCUT2D eigenvalue weighted by Gasteiger charge is 2.29. The molecule has 25 heavy (non-hydrogen) atoms. The molecule has 0 aliphatic rings. The molecule has 0 radical (unpaired) electrons. The SMILES string of the molecule is O=C(O)CCCCC(=O)OCC(CO)(CO)CO.OCCOCCO. The van der Waals surface area contributed by atoms with Gasteiger partial charge < -0.3 is 40.1 Å². The van der Waals surface area contributed by atoms with E-state index in [1.54, 1.807) is 0 Å². The molecule has 6 N–H and O–H groups in total. The summed E-state index contributed by atoms with van der Waals surface area (Å²) >= 11 is 0. The van der Waals surface area contributed by atoms with Crippen LogP contribution in [0.4, 0.5) is 0 Å². The Bertz CT molecular complexity index is 318. The summed E-state index contributed by atoms with van der Waals surface area (Å²) in [4.78, 5) is 21.5. The molecule has 0 heterocycles. The van der Waals surface area contributed by atoms with Crippen LogP contribution in [0.25, 0.3) is 0 Å². The summed E-state index contributed by atoms with van der Waals surface area (Å²) in [5, 5.41) is 51.5. The third-order valence-corrected chi connectivity index (χ3v) is 3.04. The fourth-order valence-electron chi connectivity index (χ4n) is 1.37. The number of carbonyl (C=O) groups excluding carboxylic acids is 1. The summed E-state index contributed by atoms with van der Waals surface area (Å²) in [6, 6.07) is 0. The molecule has 0 aliphatic heterocycles. The number of ether oxygens (including phenoxy) is 2. The molecular weight excluding hydrogens is 340 g/mol. The number of aliphatic hydroxyl groups is 5. The summed E-state index contributed by atoms with van der Waals surface area (Å²) in [7, 11) is 0. The van der Waals surface area contributed by atoms with Crippen LogP contribution in [0.5, 0.6) is 0 Å². The number of aliphatic carboxylic acids is 1. The summed E-state index contributed by atoms with van der Waals surface area (Å²) in [5.41, 5.74) is -1.23. The van der Waals surface area contributed by atoms with E-state index in [9.17, 15) is 9.59 Å². The molecule has 0 spiro atoms. The van der Waals surface area contributed by atoms with E-state index in [4.69, 9.17) is 35.4 Å². The van der Waals surface area contributed by atoms with Crippen molar-refractivity contribution in [2.24, 2.45) is 5.41 Å². The molecule has 0 aliphatic carbocycles. The number of carboxylic acid groups (broad SMARTS) is 1. The number of esters is 1. The lowest BCUT2D eigenvalue weighted by Gasteiger charge is -2.26. The van der Waals surface area contributed by atoms with Crippen LogP contribution in [0, 0.1) is 5.41 Å². The maximum absolute atomic E-state index is 11.3. The van der Waals surface area contributed by atoms with Crippen molar-refractivity contribution in [3.8, 4) is 0 Å². The quantitative estimate of drug-likeness (QED) is 0.150. The third kappa shape index (κ3) is 15.9. The van der Waals surface area contributed by atoms with Crippen molar-refractivity contribution in [2.45, 2.75) is 25.7 Å². The summed E-state index contributed by atoms with van der Waals surface area (Å²) in [6.07, 6.45) is 0.859. The van der Waals surface area contributed by atoms with Gasteiger partial charge in [0, 0.05) is 12.8 Å². The van der Waals surface area contributed by atoms with Gasteiger partial charge in [0.2, 0.25) is 0 Å². The highest BCUT2D eigenvalue weighted by molar-refractivity contribution is 5.69. The van der Waals surface area contributed by atoms with Gasteiger partial charge in [0.05, 0.1) is 51.7 Å². The van der Waals surface area contributed by atoms with Gasteiger partial charge in [0.15, 0.2) is 0 Å². The van der Waals surface area contributed by atoms with Crippen LogP contribution in [0.15, 0.2) is 0 Å². The second kappa shape index (κ2) is 17.5. The minimum absolute atomic E-state index is 0.00113. The van der Waals surface area contributed by atoms with Gasteiger partial charge in [0.25, 0.3) is 0 Å². The molecule has 150 valence electrons. The summed E-state index contributed by atoms with van der Waals surface area (Å²) in [6.45, 7) is -1.06. The lowest BCUT2D eigenvalue weighted by Crippen LogP contribution is -2.39. The van der Waals surface area contributed by atoms with Crippen molar-refractivity contribution in [2.75, 3.05) is 52.9 Å². The van der Waals surface area contributed by atoms with Crippen LogP contribution in [-0.4, -0.2) is 95.4 Å². The molecule has 0 saturated carbocycles. The molecule has 0 atom stereocenters. The minimum atomic E-state index is -1.23. The predicted octanol–water partition coefficient (Wildman–Crippen LogP) is -1.87. The molecule has 0 saturated heterocycles. The van der Waals surface area contributed by atoms with Crippen molar-refractivity contribution < 1.29 is 49.7 Å². The number of hydrogen-bond acceptors (Lipinski definition) is 9. The first-order valence-electron chi connectivity index (χ1n) is 7.90. The zero-order valence-corrected chi connectivity index (χ0v) is 14.3. The summed E-state index contributed by atoms with van der Waals surface area (Å²) in [5.74, 6) is -1.46. The van der Waals surface area contributed by atoms with Gasteiger partial charge in [-0.2, -0.15) is 0 Å². The maximum atomic E-state index is 11.3. The molecule has 0 unspecified atom stereocenters. The van der Waals surface area contributed by atoms with Gasteiger partial charge in [-0.05, 0) is 12.8 Å². The number of carbonyl (C=O) groups is 2. The fourth-order valence-corrected chi connectivity index (χ4v) is 1.37. The van der Waals surface area contributed by atoms with Crippen LogP contribution in [0.3, 0.4) is 0 Å². The molecule has 0 aromatic rings. The highest BCUT2D eigenvalue weighted by atomic mass is 16.5. The van der Waals surface area contributed by atoms with Crippen molar-refractivity contribution in [3.63, 3.8) is 0 Å². The number of unbranched alkanes of at least 4 members (excludes halogenated alkanes) is 1. The van der Waals surface area contributed by atoms with E-state index in [1.165, 1.54) is 0 Å². The number of carboxylic acids is 1. The Morgan fingerprint density at radius 3 is 1.68 bits per heavy atom. The highest BCUT2D eigenvalue weighted by Crippen LogP contribution is 2.15. The second-order valence-electron chi connectivity index (χ2n) is 5.30. The van der Waals surface area contributed by atoms with E-state index in [2.05, 4.69) is 4.74 Å². The molecule has 0 aromatic carbocycles. The van der Waals surface area contributed by atoms with Crippen LogP contribution in [0.2, 0.25) is 0 Å². The first-order valence-corrected chi connectivity index (χ1v) is 7.90. The number of rotatable bonds is 14. The lowest BCUT2D eigenvalue weighted by atomic mass is 9.93. The third-order valence-electron chi connectivity index (χ3n) is 3.04. The van der Waals surface area contributed by atoms with Gasteiger partial charge >= 0.3 is 11.9 Å². The first-order chi connectivity index (χ1) is 11.9. The van der Waals surface area contributed by atoms with Gasteiger partial charge in [-0.3, -0.25) is 9.59 Å². The van der Waals surface area contributed by atoms with E-state index < -0.39 is 37.2 Å². The van der Waals surface area contributed by atoms with Gasteiger partial charge in [-0.25, -0.2) is 0 Å². The smallest absolute Gasteiger partial charge is 0.305 e. The first kappa shape index (κ1) is 25.9. The van der Waals surface area contributed by atoms with E-state index in [0.717, 1.165) is 0 Å². The van der Waals surface area contributed by atoms with Crippen LogP contribution < -0.4 is 0 Å². The standard InChI is InChI=1S/C11H20O7.C4H10O3/c12-5-11(6-13,7-14)8-18-10(17)4-2-1-3-9(15)16;5-1-3-7-4-2-6/h12-14H,1-8H2,(H,15,16);5-6H,1-4H2. The van der Waals surface area contributed by atoms with Crippen LogP contribution >= 0.6 is 0 Å². The van der Waals surface area contributed by atoms with Crippen LogP contribution in [0.1, 0.15) is 25.7 Å². The second-order valence-corrected chi connectivity index (χ2v) is 5.30. The Balaban J connectivity index is 0. The Morgan fingerprint density at radius 1 is 0.800 bits per heavy atom. The molecule has 10 nitrogen and oxygen atoms in total. The molecule has 0 bridgehead atoms. The molecule has 0 aromatic heterocycles. The number of aliphatic hydroxyl groups excluding tert-OH is 5. The van der Waals surface area contributed by atoms with E-state index in [0.29, 0.717) is 26.1 Å². The monoisotopic (exact) mass is 370 g/mol. The van der Waals surface area contributed by atoms with E-state index >= 15 is 0 Å². The van der Waals surface area contributed by atoms with E-state index in [1.807, 2.05) is 0 Å². The molecular formula is C15H30O10. The van der Waals surface area contributed by atoms with Gasteiger partial charge in [-0.1, -0.05) is 0 Å².